The molecule has 0 fully saturated rings. The first kappa shape index (κ1) is 80.1. The summed E-state index contributed by atoms with van der Waals surface area (Å²) in [6.45, 7) is 6.59. The number of carbonyl (C=O) groups is 3. The highest BCUT2D eigenvalue weighted by Gasteiger charge is 2.19. The van der Waals surface area contributed by atoms with Crippen LogP contribution in [0.4, 0.5) is 0 Å². The molecule has 0 aromatic carbocycles. The Morgan fingerprint density at radius 1 is 0.253 bits per heavy atom. The molecule has 1 unspecified atom stereocenters. The van der Waals surface area contributed by atoms with Crippen LogP contribution in [-0.2, 0) is 28.6 Å². The molecule has 0 aliphatic rings. The summed E-state index contributed by atoms with van der Waals surface area (Å²) in [5.41, 5.74) is 0. The highest BCUT2D eigenvalue weighted by atomic mass is 16.6. The third-order valence-electron chi connectivity index (χ3n) is 16.5. The minimum absolute atomic E-state index is 0.0711. The number of rotatable bonds is 68. The van der Waals surface area contributed by atoms with E-state index in [-0.39, 0.29) is 31.1 Å². The molecule has 6 nitrogen and oxygen atoms in total. The van der Waals surface area contributed by atoms with E-state index in [0.29, 0.717) is 19.3 Å². The second-order valence-corrected chi connectivity index (χ2v) is 24.8. The quantitative estimate of drug-likeness (QED) is 0.0261. The molecule has 0 aromatic rings. The van der Waals surface area contributed by atoms with Gasteiger partial charge in [-0.2, -0.15) is 0 Å². The van der Waals surface area contributed by atoms with Gasteiger partial charge in [0.15, 0.2) is 6.10 Å². The Balaban J connectivity index is 4.25. The Morgan fingerprint density at radius 3 is 0.747 bits per heavy atom. The van der Waals surface area contributed by atoms with E-state index >= 15 is 0 Å². The molecular formula is C77H140O6. The van der Waals surface area contributed by atoms with Gasteiger partial charge in [0.2, 0.25) is 0 Å². The molecule has 484 valence electrons. The molecule has 0 aliphatic heterocycles. The van der Waals surface area contributed by atoms with Gasteiger partial charge in [0, 0.05) is 19.3 Å². The largest absolute Gasteiger partial charge is 0.462 e. The summed E-state index contributed by atoms with van der Waals surface area (Å²) in [4.78, 5) is 38.5. The lowest BCUT2D eigenvalue weighted by Gasteiger charge is -2.18. The highest BCUT2D eigenvalue weighted by Crippen LogP contribution is 2.19. The molecule has 0 aromatic heterocycles. The van der Waals surface area contributed by atoms with Crippen molar-refractivity contribution in [3.63, 3.8) is 0 Å². The fourth-order valence-electron chi connectivity index (χ4n) is 11.0. The molecule has 0 saturated heterocycles. The Labute approximate surface area is 517 Å². The molecule has 0 bridgehead atoms. The number of carbonyl (C=O) groups excluding carboxylic acids is 3. The Kier molecular flexibility index (Phi) is 69.1. The lowest BCUT2D eigenvalue weighted by atomic mass is 10.0. The van der Waals surface area contributed by atoms with E-state index in [1.54, 1.807) is 0 Å². The molecule has 0 spiro atoms. The minimum atomic E-state index is -0.776. The third kappa shape index (κ3) is 69.8. The van der Waals surface area contributed by atoms with Gasteiger partial charge in [-0.15, -0.1) is 0 Å². The first-order chi connectivity index (χ1) is 41.0. The monoisotopic (exact) mass is 1160 g/mol. The molecule has 0 heterocycles. The minimum Gasteiger partial charge on any atom is -0.462 e. The van der Waals surface area contributed by atoms with E-state index < -0.39 is 6.10 Å². The van der Waals surface area contributed by atoms with Crippen molar-refractivity contribution in [3.05, 3.63) is 60.8 Å². The summed E-state index contributed by atoms with van der Waals surface area (Å²) in [6, 6.07) is 0. The smallest absolute Gasteiger partial charge is 0.306 e. The lowest BCUT2D eigenvalue weighted by Crippen LogP contribution is -2.30. The summed E-state index contributed by atoms with van der Waals surface area (Å²) < 4.78 is 17.0. The van der Waals surface area contributed by atoms with Crippen LogP contribution in [0.15, 0.2) is 60.8 Å². The summed E-state index contributed by atoms with van der Waals surface area (Å²) >= 11 is 0. The molecule has 6 heteroatoms. The predicted octanol–water partition coefficient (Wildman–Crippen LogP) is 25.5. The van der Waals surface area contributed by atoms with Gasteiger partial charge in [-0.3, -0.25) is 14.4 Å². The molecule has 0 amide bonds. The van der Waals surface area contributed by atoms with Crippen LogP contribution in [0.5, 0.6) is 0 Å². The third-order valence-corrected chi connectivity index (χ3v) is 16.5. The van der Waals surface area contributed by atoms with Crippen molar-refractivity contribution in [1.82, 2.24) is 0 Å². The zero-order valence-electron chi connectivity index (χ0n) is 55.7. The van der Waals surface area contributed by atoms with Crippen LogP contribution in [0, 0.1) is 0 Å². The fraction of sp³-hybridized carbons (Fsp3) is 0.831. The van der Waals surface area contributed by atoms with E-state index in [2.05, 4.69) is 81.5 Å². The van der Waals surface area contributed by atoms with Crippen LogP contribution < -0.4 is 0 Å². The molecule has 0 saturated carbocycles. The number of unbranched alkanes of at least 4 members (excludes halogenated alkanes) is 47. The molecule has 0 N–H and O–H groups in total. The van der Waals surface area contributed by atoms with Crippen molar-refractivity contribution in [2.75, 3.05) is 13.2 Å². The zero-order chi connectivity index (χ0) is 59.9. The predicted molar refractivity (Wildman–Crippen MR) is 362 cm³/mol. The molecular weight excluding hydrogens is 1020 g/mol. The first-order valence-corrected chi connectivity index (χ1v) is 36.8. The zero-order valence-corrected chi connectivity index (χ0v) is 55.7. The van der Waals surface area contributed by atoms with Crippen LogP contribution in [0.2, 0.25) is 0 Å². The van der Waals surface area contributed by atoms with Gasteiger partial charge in [-0.05, 0) is 83.5 Å². The Hall–Kier alpha value is -2.89. The molecule has 1 atom stereocenters. The van der Waals surface area contributed by atoms with Crippen LogP contribution >= 0.6 is 0 Å². The number of esters is 3. The average molecular weight is 1160 g/mol. The van der Waals surface area contributed by atoms with Crippen molar-refractivity contribution >= 4 is 17.9 Å². The van der Waals surface area contributed by atoms with Gasteiger partial charge >= 0.3 is 17.9 Å². The fourth-order valence-corrected chi connectivity index (χ4v) is 11.0. The van der Waals surface area contributed by atoms with E-state index in [4.69, 9.17) is 14.2 Å². The van der Waals surface area contributed by atoms with E-state index in [0.717, 1.165) is 89.9 Å². The molecule has 83 heavy (non-hydrogen) atoms. The van der Waals surface area contributed by atoms with Crippen molar-refractivity contribution < 1.29 is 28.6 Å². The van der Waals surface area contributed by atoms with Crippen LogP contribution in [0.1, 0.15) is 393 Å². The summed E-state index contributed by atoms with van der Waals surface area (Å²) in [5, 5.41) is 0. The normalized spacial score (nSPS) is 12.4. The van der Waals surface area contributed by atoms with Gasteiger partial charge in [0.05, 0.1) is 0 Å². The highest BCUT2D eigenvalue weighted by molar-refractivity contribution is 5.71. The maximum Gasteiger partial charge on any atom is 0.306 e. The van der Waals surface area contributed by atoms with Gasteiger partial charge in [-0.25, -0.2) is 0 Å². The maximum atomic E-state index is 13.0. The number of hydrogen-bond donors (Lipinski definition) is 0. The lowest BCUT2D eigenvalue weighted by molar-refractivity contribution is -0.167. The van der Waals surface area contributed by atoms with Crippen molar-refractivity contribution in [3.8, 4) is 0 Å². The number of hydrogen-bond acceptors (Lipinski definition) is 6. The summed E-state index contributed by atoms with van der Waals surface area (Å²) in [6.07, 6.45) is 92.6. The van der Waals surface area contributed by atoms with Gasteiger partial charge < -0.3 is 14.2 Å². The van der Waals surface area contributed by atoms with Crippen molar-refractivity contribution in [2.45, 2.75) is 399 Å². The molecule has 0 radical (unpaired) electrons. The molecule has 0 rings (SSSR count). The number of allylic oxidation sites excluding steroid dienone is 10. The Morgan fingerprint density at radius 2 is 0.470 bits per heavy atom. The van der Waals surface area contributed by atoms with E-state index in [1.807, 2.05) is 0 Å². The topological polar surface area (TPSA) is 78.9 Å². The van der Waals surface area contributed by atoms with Crippen molar-refractivity contribution in [2.24, 2.45) is 0 Å². The average Bonchev–Trinajstić information content (AvgIpc) is 3.50. The first-order valence-electron chi connectivity index (χ1n) is 36.8. The summed E-state index contributed by atoms with van der Waals surface area (Å²) in [7, 11) is 0. The van der Waals surface area contributed by atoms with E-state index in [9.17, 15) is 14.4 Å². The van der Waals surface area contributed by atoms with Gasteiger partial charge in [0.25, 0.3) is 0 Å². The van der Waals surface area contributed by atoms with Gasteiger partial charge in [-0.1, -0.05) is 351 Å². The van der Waals surface area contributed by atoms with Crippen molar-refractivity contribution in [1.29, 1.82) is 0 Å². The standard InChI is InChI=1S/C77H140O6/c1-4-7-10-13-16-19-22-25-28-31-33-35-36-37-38-39-40-41-42-43-45-46-49-52-55-58-61-64-67-70-76(79)82-73-74(72-81-75(78)69-66-63-60-57-54-51-48-30-27-24-21-18-15-12-9-6-3)83-77(80)71-68-65-62-59-56-53-50-47-44-34-32-29-26-23-20-17-14-11-8-5-2/h7,10,16,19,25,28,30,33,35,48,74H,4-6,8-9,11-15,17-18,20-24,26-27,29,31-32,34,36-47,49-73H2,1-3H3/b10-7-,19-16-,28-25-,35-33-,48-30-. The van der Waals surface area contributed by atoms with E-state index in [1.165, 1.54) is 263 Å². The molecule has 0 aliphatic carbocycles. The number of ether oxygens (including phenoxy) is 3. The van der Waals surface area contributed by atoms with Crippen LogP contribution in [0.3, 0.4) is 0 Å². The SMILES string of the molecule is CC/C=C\C/C=C\C/C=C\C/C=C\CCCCCCCCCCCCCCCCCCC(=O)OCC(COC(=O)CCCCCCC/C=C\CCCCCCCCC)OC(=O)CCCCCCCCCCCCCCCCCCCCCC. The van der Waals surface area contributed by atoms with Gasteiger partial charge in [0.1, 0.15) is 13.2 Å². The van der Waals surface area contributed by atoms with Crippen LogP contribution in [0.25, 0.3) is 0 Å². The van der Waals surface area contributed by atoms with Crippen LogP contribution in [-0.4, -0.2) is 37.2 Å². The Bertz CT molecular complexity index is 1470. The summed E-state index contributed by atoms with van der Waals surface area (Å²) in [5.74, 6) is -0.850. The second kappa shape index (κ2) is 71.6. The maximum absolute atomic E-state index is 13.0. The second-order valence-electron chi connectivity index (χ2n) is 24.8.